The fourth-order valence-corrected chi connectivity index (χ4v) is 1.93. The molecule has 2 aromatic carbocycles. The third kappa shape index (κ3) is 3.27. The van der Waals surface area contributed by atoms with E-state index in [-0.39, 0.29) is 22.9 Å². The smallest absolute Gasteiger partial charge is 0.339 e. The molecule has 1 N–H and O–H groups in total. The van der Waals surface area contributed by atoms with E-state index in [9.17, 15) is 9.18 Å². The van der Waals surface area contributed by atoms with E-state index >= 15 is 0 Å². The third-order valence-electron chi connectivity index (χ3n) is 2.74. The number of aromatic carboxylic acids is 1. The van der Waals surface area contributed by atoms with Crippen LogP contribution in [0.25, 0.3) is 0 Å². The average molecular weight is 295 g/mol. The molecule has 0 aliphatic rings. The molecule has 0 radical (unpaired) electrons. The first kappa shape index (κ1) is 14.3. The Hall–Kier alpha value is -2.07. The van der Waals surface area contributed by atoms with Gasteiger partial charge in [-0.1, -0.05) is 29.3 Å². The first-order chi connectivity index (χ1) is 9.47. The number of halogens is 2. The van der Waals surface area contributed by atoms with Crippen LogP contribution in [0.15, 0.2) is 36.4 Å². The molecule has 2 aromatic rings. The first-order valence-corrected chi connectivity index (χ1v) is 6.26. The number of carboxylic acid groups (broad SMARTS) is 1. The predicted octanol–water partition coefficient (Wildman–Crippen LogP) is 4.06. The van der Waals surface area contributed by atoms with Gasteiger partial charge < -0.3 is 9.84 Å². The van der Waals surface area contributed by atoms with Crippen molar-refractivity contribution >= 4 is 17.6 Å². The zero-order valence-electron chi connectivity index (χ0n) is 10.7. The number of ether oxygens (including phenoxy) is 1. The van der Waals surface area contributed by atoms with Crippen molar-refractivity contribution in [1.82, 2.24) is 0 Å². The van der Waals surface area contributed by atoms with Crippen molar-refractivity contribution in [3.63, 3.8) is 0 Å². The summed E-state index contributed by atoms with van der Waals surface area (Å²) < 4.78 is 18.5. The Balaban J connectivity index is 2.18. The van der Waals surface area contributed by atoms with Gasteiger partial charge in [0.2, 0.25) is 0 Å². The van der Waals surface area contributed by atoms with Crippen LogP contribution < -0.4 is 4.74 Å². The van der Waals surface area contributed by atoms with Crippen molar-refractivity contribution in [3.8, 4) is 5.75 Å². The van der Waals surface area contributed by atoms with Crippen LogP contribution in [0.5, 0.6) is 5.75 Å². The van der Waals surface area contributed by atoms with Gasteiger partial charge in [0, 0.05) is 0 Å². The molecular formula is C15H12ClFO3. The second kappa shape index (κ2) is 5.92. The van der Waals surface area contributed by atoms with Gasteiger partial charge in [-0.2, -0.15) is 0 Å². The van der Waals surface area contributed by atoms with Crippen molar-refractivity contribution in [3.05, 3.63) is 63.9 Å². The van der Waals surface area contributed by atoms with Crippen LogP contribution >= 0.6 is 11.6 Å². The third-order valence-corrected chi connectivity index (χ3v) is 3.03. The zero-order valence-corrected chi connectivity index (χ0v) is 11.4. The topological polar surface area (TPSA) is 46.5 Å². The van der Waals surface area contributed by atoms with E-state index in [4.69, 9.17) is 21.4 Å². The largest absolute Gasteiger partial charge is 0.488 e. The summed E-state index contributed by atoms with van der Waals surface area (Å²) in [6.07, 6.45) is 0. The number of hydrogen-bond donors (Lipinski definition) is 1. The minimum atomic E-state index is -1.05. The van der Waals surface area contributed by atoms with Crippen LogP contribution in [0.3, 0.4) is 0 Å². The minimum Gasteiger partial charge on any atom is -0.488 e. The Morgan fingerprint density at radius 1 is 1.30 bits per heavy atom. The molecule has 0 spiro atoms. The number of rotatable bonds is 4. The molecule has 0 amide bonds. The number of carboxylic acids is 1. The highest BCUT2D eigenvalue weighted by Gasteiger charge is 2.11. The van der Waals surface area contributed by atoms with Gasteiger partial charge in [0.1, 0.15) is 23.7 Å². The number of hydrogen-bond acceptors (Lipinski definition) is 2. The molecule has 0 saturated heterocycles. The normalized spacial score (nSPS) is 10.3. The molecule has 0 aliphatic heterocycles. The molecule has 0 aromatic heterocycles. The van der Waals surface area contributed by atoms with Crippen molar-refractivity contribution in [1.29, 1.82) is 0 Å². The summed E-state index contributed by atoms with van der Waals surface area (Å²) >= 11 is 5.67. The lowest BCUT2D eigenvalue weighted by molar-refractivity contribution is 0.0691. The number of benzene rings is 2. The van der Waals surface area contributed by atoms with Gasteiger partial charge in [-0.25, -0.2) is 9.18 Å². The van der Waals surface area contributed by atoms with E-state index in [0.717, 1.165) is 5.56 Å². The lowest BCUT2D eigenvalue weighted by Crippen LogP contribution is -2.04. The molecular weight excluding hydrogens is 283 g/mol. The summed E-state index contributed by atoms with van der Waals surface area (Å²) in [5.41, 5.74) is 1.59. The summed E-state index contributed by atoms with van der Waals surface area (Å²) in [5.74, 6) is -1.29. The molecule has 0 fully saturated rings. The summed E-state index contributed by atoms with van der Waals surface area (Å²) in [4.78, 5) is 11.1. The number of aryl methyl sites for hydroxylation is 1. The molecule has 0 atom stereocenters. The van der Waals surface area contributed by atoms with E-state index < -0.39 is 11.8 Å². The molecule has 0 bridgehead atoms. The van der Waals surface area contributed by atoms with Gasteiger partial charge in [-0.05, 0) is 36.8 Å². The summed E-state index contributed by atoms with van der Waals surface area (Å²) in [6.45, 7) is 1.92. The quantitative estimate of drug-likeness (QED) is 0.925. The SMILES string of the molecule is Cc1ccc(OCc2ccc(F)c(Cl)c2)c(C(=O)O)c1. The molecule has 0 saturated carbocycles. The highest BCUT2D eigenvalue weighted by Crippen LogP contribution is 2.22. The minimum absolute atomic E-state index is 0.00784. The molecule has 0 heterocycles. The van der Waals surface area contributed by atoms with Crippen molar-refractivity contribution < 1.29 is 19.0 Å². The van der Waals surface area contributed by atoms with Crippen LogP contribution in [0.1, 0.15) is 21.5 Å². The van der Waals surface area contributed by atoms with Gasteiger partial charge in [0.05, 0.1) is 5.02 Å². The molecule has 3 nitrogen and oxygen atoms in total. The Bertz CT molecular complexity index is 656. The Morgan fingerprint density at radius 3 is 2.70 bits per heavy atom. The van der Waals surface area contributed by atoms with Crippen LogP contribution in [0.2, 0.25) is 5.02 Å². The molecule has 2 rings (SSSR count). The maximum atomic E-state index is 13.0. The highest BCUT2D eigenvalue weighted by atomic mass is 35.5. The summed E-state index contributed by atoms with van der Waals surface area (Å²) in [6, 6.07) is 9.13. The second-order valence-electron chi connectivity index (χ2n) is 4.34. The molecule has 5 heteroatoms. The van der Waals surface area contributed by atoms with Crippen LogP contribution in [-0.2, 0) is 6.61 Å². The highest BCUT2D eigenvalue weighted by molar-refractivity contribution is 6.30. The van der Waals surface area contributed by atoms with Gasteiger partial charge >= 0.3 is 5.97 Å². The standard InChI is InChI=1S/C15H12ClFO3/c1-9-2-5-14(11(6-9)15(18)19)20-8-10-3-4-13(17)12(16)7-10/h2-7H,8H2,1H3,(H,18,19). The predicted molar refractivity (Wildman–Crippen MR) is 73.9 cm³/mol. The van der Waals surface area contributed by atoms with Crippen molar-refractivity contribution in [2.24, 2.45) is 0 Å². The molecule has 0 aliphatic carbocycles. The maximum absolute atomic E-state index is 13.0. The fraction of sp³-hybridized carbons (Fsp3) is 0.133. The number of carbonyl (C=O) groups is 1. The lowest BCUT2D eigenvalue weighted by atomic mass is 10.1. The van der Waals surface area contributed by atoms with Gasteiger partial charge in [0.15, 0.2) is 0 Å². The molecule has 104 valence electrons. The van der Waals surface area contributed by atoms with Crippen molar-refractivity contribution in [2.75, 3.05) is 0 Å². The average Bonchev–Trinajstić information content (AvgIpc) is 2.41. The zero-order chi connectivity index (χ0) is 14.7. The van der Waals surface area contributed by atoms with Crippen LogP contribution in [-0.4, -0.2) is 11.1 Å². The van der Waals surface area contributed by atoms with Crippen LogP contribution in [0.4, 0.5) is 4.39 Å². The van der Waals surface area contributed by atoms with E-state index in [1.165, 1.54) is 24.3 Å². The van der Waals surface area contributed by atoms with E-state index in [1.807, 2.05) is 0 Å². The molecule has 20 heavy (non-hydrogen) atoms. The summed E-state index contributed by atoms with van der Waals surface area (Å²) in [5, 5.41) is 9.12. The fourth-order valence-electron chi connectivity index (χ4n) is 1.73. The first-order valence-electron chi connectivity index (χ1n) is 5.88. The van der Waals surface area contributed by atoms with E-state index in [0.29, 0.717) is 5.56 Å². The van der Waals surface area contributed by atoms with Gasteiger partial charge in [-0.15, -0.1) is 0 Å². The Kier molecular flexibility index (Phi) is 4.25. The maximum Gasteiger partial charge on any atom is 0.339 e. The lowest BCUT2D eigenvalue weighted by Gasteiger charge is -2.10. The van der Waals surface area contributed by atoms with Crippen molar-refractivity contribution in [2.45, 2.75) is 13.5 Å². The monoisotopic (exact) mass is 294 g/mol. The second-order valence-corrected chi connectivity index (χ2v) is 4.75. The van der Waals surface area contributed by atoms with E-state index in [2.05, 4.69) is 0 Å². The van der Waals surface area contributed by atoms with E-state index in [1.54, 1.807) is 19.1 Å². The van der Waals surface area contributed by atoms with Gasteiger partial charge in [-0.3, -0.25) is 0 Å². The van der Waals surface area contributed by atoms with Crippen LogP contribution in [0, 0.1) is 12.7 Å². The summed E-state index contributed by atoms with van der Waals surface area (Å²) in [7, 11) is 0. The Labute approximate surface area is 120 Å². The van der Waals surface area contributed by atoms with Gasteiger partial charge in [0.25, 0.3) is 0 Å². The molecule has 0 unspecified atom stereocenters. The Morgan fingerprint density at radius 2 is 2.05 bits per heavy atom.